The maximum atomic E-state index is 6.02. The highest BCUT2D eigenvalue weighted by Gasteiger charge is 2.05. The number of furan rings is 1. The first-order valence-electron chi connectivity index (χ1n) is 6.94. The van der Waals surface area contributed by atoms with E-state index in [1.165, 1.54) is 0 Å². The Hall–Kier alpha value is -2.24. The smallest absolute Gasteiger partial charge is 0.225 e. The van der Waals surface area contributed by atoms with Crippen LogP contribution in [0.25, 0.3) is 0 Å². The number of rotatable bonds is 5. The highest BCUT2D eigenvalue weighted by Crippen LogP contribution is 2.26. The molecule has 0 fully saturated rings. The topological polar surface area (TPSA) is 63.0 Å². The molecule has 5 nitrogen and oxygen atoms in total. The van der Waals surface area contributed by atoms with Gasteiger partial charge in [0.25, 0.3) is 0 Å². The van der Waals surface area contributed by atoms with Crippen LogP contribution < -0.4 is 10.6 Å². The zero-order valence-electron chi connectivity index (χ0n) is 12.3. The molecule has 0 saturated carbocycles. The van der Waals surface area contributed by atoms with Gasteiger partial charge in [0.2, 0.25) is 5.95 Å². The Balaban J connectivity index is 1.75. The van der Waals surface area contributed by atoms with E-state index in [-0.39, 0.29) is 0 Å². The molecule has 0 bridgehead atoms. The summed E-state index contributed by atoms with van der Waals surface area (Å²) in [5.74, 6) is 2.00. The van der Waals surface area contributed by atoms with Crippen molar-refractivity contribution in [3.05, 3.63) is 64.2 Å². The van der Waals surface area contributed by atoms with Crippen LogP contribution in [0.3, 0.4) is 0 Å². The highest BCUT2D eigenvalue weighted by atomic mass is 35.5. The van der Waals surface area contributed by atoms with Crippen LogP contribution in [0.4, 0.5) is 17.5 Å². The lowest BCUT2D eigenvalue weighted by Gasteiger charge is -2.10. The maximum absolute atomic E-state index is 6.02. The second-order valence-corrected chi connectivity index (χ2v) is 5.72. The lowest BCUT2D eigenvalue weighted by molar-refractivity contribution is 0.517. The summed E-state index contributed by atoms with van der Waals surface area (Å²) < 4.78 is 5.27. The number of anilines is 3. The molecule has 2 N–H and O–H groups in total. The monoisotopic (exact) mass is 348 g/mol. The summed E-state index contributed by atoms with van der Waals surface area (Å²) in [6.07, 6.45) is 1.63. The standard InChI is InChI=1S/C16H14Cl2N4O/c1-10-7-15(21-11-4-5-13(17)14(18)8-11)22-16(20-10)19-9-12-3-2-6-23-12/h2-8H,9H2,1H3,(H2,19,20,21,22). The minimum absolute atomic E-state index is 0.485. The van der Waals surface area contributed by atoms with Crippen molar-refractivity contribution in [2.24, 2.45) is 0 Å². The van der Waals surface area contributed by atoms with E-state index in [0.29, 0.717) is 28.4 Å². The van der Waals surface area contributed by atoms with Crippen molar-refractivity contribution in [3.8, 4) is 0 Å². The molecule has 0 aliphatic heterocycles. The highest BCUT2D eigenvalue weighted by molar-refractivity contribution is 6.42. The predicted octanol–water partition coefficient (Wildman–Crippen LogP) is 5.04. The third kappa shape index (κ3) is 4.15. The molecular formula is C16H14Cl2N4O. The quantitative estimate of drug-likeness (QED) is 0.676. The molecule has 2 aromatic heterocycles. The number of aryl methyl sites for hydroxylation is 1. The molecule has 1 aromatic carbocycles. The first-order chi connectivity index (χ1) is 11.1. The molecule has 0 unspecified atom stereocenters. The van der Waals surface area contributed by atoms with Crippen LogP contribution in [0.15, 0.2) is 47.1 Å². The van der Waals surface area contributed by atoms with E-state index >= 15 is 0 Å². The first-order valence-corrected chi connectivity index (χ1v) is 7.70. The molecule has 0 amide bonds. The van der Waals surface area contributed by atoms with Gasteiger partial charge < -0.3 is 15.1 Å². The normalized spacial score (nSPS) is 10.6. The summed E-state index contributed by atoms with van der Waals surface area (Å²) in [4.78, 5) is 8.78. The van der Waals surface area contributed by atoms with Gasteiger partial charge in [0.15, 0.2) is 0 Å². The molecular weight excluding hydrogens is 335 g/mol. The van der Waals surface area contributed by atoms with E-state index in [4.69, 9.17) is 27.6 Å². The Morgan fingerprint density at radius 3 is 2.70 bits per heavy atom. The number of benzene rings is 1. The Morgan fingerprint density at radius 2 is 1.96 bits per heavy atom. The van der Waals surface area contributed by atoms with Gasteiger partial charge >= 0.3 is 0 Å². The molecule has 3 rings (SSSR count). The van der Waals surface area contributed by atoms with Crippen molar-refractivity contribution in [1.29, 1.82) is 0 Å². The molecule has 118 valence electrons. The lowest BCUT2D eigenvalue weighted by Crippen LogP contribution is -2.05. The molecule has 0 aliphatic carbocycles. The number of hydrogen-bond acceptors (Lipinski definition) is 5. The van der Waals surface area contributed by atoms with Crippen molar-refractivity contribution in [3.63, 3.8) is 0 Å². The molecule has 0 radical (unpaired) electrons. The van der Waals surface area contributed by atoms with Crippen molar-refractivity contribution in [2.75, 3.05) is 10.6 Å². The molecule has 0 saturated heterocycles. The Kier molecular flexibility index (Phi) is 4.69. The molecule has 3 aromatic rings. The summed E-state index contributed by atoms with van der Waals surface area (Å²) in [7, 11) is 0. The summed E-state index contributed by atoms with van der Waals surface area (Å²) in [5, 5.41) is 7.32. The van der Waals surface area contributed by atoms with Crippen molar-refractivity contribution in [2.45, 2.75) is 13.5 Å². The second-order valence-electron chi connectivity index (χ2n) is 4.90. The van der Waals surface area contributed by atoms with Gasteiger partial charge in [-0.25, -0.2) is 4.98 Å². The van der Waals surface area contributed by atoms with Gasteiger partial charge in [0.1, 0.15) is 11.6 Å². The van der Waals surface area contributed by atoms with Crippen LogP contribution in [-0.2, 0) is 6.54 Å². The van der Waals surface area contributed by atoms with Crippen LogP contribution in [0.2, 0.25) is 10.0 Å². The van der Waals surface area contributed by atoms with E-state index in [1.807, 2.05) is 31.2 Å². The largest absolute Gasteiger partial charge is 0.467 e. The van der Waals surface area contributed by atoms with E-state index < -0.39 is 0 Å². The number of hydrogen-bond donors (Lipinski definition) is 2. The minimum Gasteiger partial charge on any atom is -0.467 e. The summed E-state index contributed by atoms with van der Waals surface area (Å²) >= 11 is 11.9. The number of nitrogens with zero attached hydrogens (tertiary/aromatic N) is 2. The predicted molar refractivity (Wildman–Crippen MR) is 92.5 cm³/mol. The average Bonchev–Trinajstić information content (AvgIpc) is 3.02. The zero-order chi connectivity index (χ0) is 16.2. The van der Waals surface area contributed by atoms with Crippen molar-refractivity contribution in [1.82, 2.24) is 9.97 Å². The minimum atomic E-state index is 0.485. The van der Waals surface area contributed by atoms with Gasteiger partial charge in [0.05, 0.1) is 22.9 Å². The molecule has 0 aliphatic rings. The van der Waals surface area contributed by atoms with E-state index in [9.17, 15) is 0 Å². The van der Waals surface area contributed by atoms with Gasteiger partial charge in [0, 0.05) is 17.4 Å². The molecule has 0 atom stereocenters. The SMILES string of the molecule is Cc1cc(Nc2ccc(Cl)c(Cl)c2)nc(NCc2ccco2)n1. The number of aromatic nitrogens is 2. The lowest BCUT2D eigenvalue weighted by atomic mass is 10.3. The molecule has 7 heteroatoms. The van der Waals surface area contributed by atoms with Gasteiger partial charge in [-0.2, -0.15) is 4.98 Å². The Morgan fingerprint density at radius 1 is 1.09 bits per heavy atom. The third-order valence-electron chi connectivity index (χ3n) is 3.05. The average molecular weight is 349 g/mol. The molecule has 0 spiro atoms. The van der Waals surface area contributed by atoms with Gasteiger partial charge in [-0.3, -0.25) is 0 Å². The molecule has 2 heterocycles. The fourth-order valence-electron chi connectivity index (χ4n) is 2.01. The second kappa shape index (κ2) is 6.89. The summed E-state index contributed by atoms with van der Waals surface area (Å²) in [5.41, 5.74) is 1.64. The number of halogens is 2. The van der Waals surface area contributed by atoms with E-state index in [1.54, 1.807) is 18.4 Å². The Bertz CT molecular complexity index is 806. The van der Waals surface area contributed by atoms with Crippen LogP contribution in [0.1, 0.15) is 11.5 Å². The summed E-state index contributed by atoms with van der Waals surface area (Å²) in [6.45, 7) is 2.42. The van der Waals surface area contributed by atoms with Gasteiger partial charge in [-0.05, 0) is 37.3 Å². The van der Waals surface area contributed by atoms with Crippen LogP contribution >= 0.6 is 23.2 Å². The summed E-state index contributed by atoms with van der Waals surface area (Å²) in [6, 6.07) is 10.9. The van der Waals surface area contributed by atoms with Crippen molar-refractivity contribution >= 4 is 40.7 Å². The zero-order valence-corrected chi connectivity index (χ0v) is 13.8. The van der Waals surface area contributed by atoms with Crippen LogP contribution in [0.5, 0.6) is 0 Å². The van der Waals surface area contributed by atoms with E-state index in [2.05, 4.69) is 20.6 Å². The van der Waals surface area contributed by atoms with Gasteiger partial charge in [-0.1, -0.05) is 23.2 Å². The van der Waals surface area contributed by atoms with E-state index in [0.717, 1.165) is 17.1 Å². The maximum Gasteiger partial charge on any atom is 0.225 e. The number of nitrogens with one attached hydrogen (secondary N) is 2. The molecule has 23 heavy (non-hydrogen) atoms. The fourth-order valence-corrected chi connectivity index (χ4v) is 2.31. The first kappa shape index (κ1) is 15.6. The van der Waals surface area contributed by atoms with Crippen molar-refractivity contribution < 1.29 is 4.42 Å². The van der Waals surface area contributed by atoms with Crippen LogP contribution in [0, 0.1) is 6.92 Å². The van der Waals surface area contributed by atoms with Crippen LogP contribution in [-0.4, -0.2) is 9.97 Å². The fraction of sp³-hybridized carbons (Fsp3) is 0.125. The Labute approximate surface area is 143 Å². The van der Waals surface area contributed by atoms with Gasteiger partial charge in [-0.15, -0.1) is 0 Å². The third-order valence-corrected chi connectivity index (χ3v) is 3.79.